The van der Waals surface area contributed by atoms with Crippen LogP contribution < -0.4 is 10.6 Å². The highest BCUT2D eigenvalue weighted by atomic mass is 16.5. The maximum atomic E-state index is 10.5. The number of ether oxygens (including phenoxy) is 1. The van der Waals surface area contributed by atoms with Crippen molar-refractivity contribution < 1.29 is 9.61 Å². The Morgan fingerprint density at radius 1 is 1.64 bits per heavy atom. The van der Waals surface area contributed by atoms with Crippen molar-refractivity contribution >= 4 is 5.69 Å². The fraction of sp³-hybridized carbons (Fsp3) is 0.143. The van der Waals surface area contributed by atoms with Crippen LogP contribution in [0, 0.1) is 11.0 Å². The molecule has 0 saturated carbocycles. The van der Waals surface area contributed by atoms with E-state index in [1.165, 1.54) is 7.11 Å². The SMILES string of the molecule is COc1[c]c([N+](N)=O)ccc1. The molecule has 4 nitrogen and oxygen atoms in total. The molecule has 0 aliphatic rings. The zero-order valence-electron chi connectivity index (χ0n) is 6.07. The van der Waals surface area contributed by atoms with Crippen LogP contribution in [0.5, 0.6) is 5.75 Å². The zero-order chi connectivity index (χ0) is 8.27. The van der Waals surface area contributed by atoms with Crippen LogP contribution in [0.15, 0.2) is 18.2 Å². The minimum atomic E-state index is 0.239. The summed E-state index contributed by atoms with van der Waals surface area (Å²) in [5, 5.41) is 0. The van der Waals surface area contributed by atoms with Gasteiger partial charge in [-0.05, 0) is 6.07 Å². The summed E-state index contributed by atoms with van der Waals surface area (Å²) in [4.78, 5) is 10.8. The highest BCUT2D eigenvalue weighted by Gasteiger charge is 2.08. The zero-order valence-corrected chi connectivity index (χ0v) is 6.07. The predicted octanol–water partition coefficient (Wildman–Crippen LogP) is 0.779. The van der Waals surface area contributed by atoms with Gasteiger partial charge in [0.25, 0.3) is 0 Å². The number of rotatable bonds is 2. The Morgan fingerprint density at radius 2 is 2.36 bits per heavy atom. The van der Waals surface area contributed by atoms with E-state index < -0.39 is 0 Å². The first kappa shape index (κ1) is 7.53. The number of hydrogen-bond donors (Lipinski definition) is 1. The van der Waals surface area contributed by atoms with E-state index in [2.05, 4.69) is 6.07 Å². The second-order valence-corrected chi connectivity index (χ2v) is 1.93. The Kier molecular flexibility index (Phi) is 2.06. The lowest BCUT2D eigenvalue weighted by Crippen LogP contribution is -2.08. The fourth-order valence-corrected chi connectivity index (χ4v) is 0.684. The molecule has 0 aliphatic heterocycles. The summed E-state index contributed by atoms with van der Waals surface area (Å²) in [6, 6.07) is 7.57. The maximum absolute atomic E-state index is 10.5. The van der Waals surface area contributed by atoms with Crippen molar-refractivity contribution in [3.8, 4) is 5.75 Å². The number of benzene rings is 1. The van der Waals surface area contributed by atoms with Crippen LogP contribution >= 0.6 is 0 Å². The molecule has 0 fully saturated rings. The summed E-state index contributed by atoms with van der Waals surface area (Å²) in [5.74, 6) is 5.42. The van der Waals surface area contributed by atoms with Crippen LogP contribution in [0.1, 0.15) is 0 Å². The molecule has 0 heterocycles. The van der Waals surface area contributed by atoms with Gasteiger partial charge in [0, 0.05) is 6.07 Å². The summed E-state index contributed by atoms with van der Waals surface area (Å²) in [7, 11) is 1.50. The maximum Gasteiger partial charge on any atom is 0.303 e. The lowest BCUT2D eigenvalue weighted by molar-refractivity contribution is -0.475. The third-order valence-electron chi connectivity index (χ3n) is 1.21. The third kappa shape index (κ3) is 1.67. The number of nitrogens with two attached hydrogens (primary N) is 1. The van der Waals surface area contributed by atoms with Gasteiger partial charge in [0.1, 0.15) is 11.8 Å². The van der Waals surface area contributed by atoms with Crippen LogP contribution in [0.25, 0.3) is 0 Å². The van der Waals surface area contributed by atoms with Crippen LogP contribution in [0.2, 0.25) is 0 Å². The lowest BCUT2D eigenvalue weighted by Gasteiger charge is -1.94. The van der Waals surface area contributed by atoms with Crippen molar-refractivity contribution in [2.24, 2.45) is 5.84 Å². The molecule has 1 aromatic rings. The summed E-state index contributed by atoms with van der Waals surface area (Å²) < 4.78 is 4.83. The number of nitrogens with zero attached hydrogens (tertiary/aromatic N) is 1. The summed E-state index contributed by atoms with van der Waals surface area (Å²) >= 11 is 0. The Morgan fingerprint density at radius 3 is 2.91 bits per heavy atom. The normalized spacial score (nSPS) is 9.18. The van der Waals surface area contributed by atoms with E-state index in [1.54, 1.807) is 18.2 Å². The van der Waals surface area contributed by atoms with Gasteiger partial charge in [-0.15, -0.1) is 0 Å². The molecule has 0 saturated heterocycles. The lowest BCUT2D eigenvalue weighted by atomic mass is 10.3. The molecule has 0 bridgehead atoms. The van der Waals surface area contributed by atoms with E-state index in [9.17, 15) is 4.91 Å². The minimum Gasteiger partial charge on any atom is -0.496 e. The molecule has 0 amide bonds. The summed E-state index contributed by atoms with van der Waals surface area (Å²) in [5.41, 5.74) is 0.254. The predicted molar refractivity (Wildman–Crippen MR) is 39.3 cm³/mol. The summed E-state index contributed by atoms with van der Waals surface area (Å²) in [6.45, 7) is 0. The molecule has 0 atom stereocenters. The molecule has 0 spiro atoms. The Labute approximate surface area is 64.1 Å². The van der Waals surface area contributed by atoms with E-state index >= 15 is 0 Å². The average Bonchev–Trinajstić information content (AvgIpc) is 2.05. The van der Waals surface area contributed by atoms with Crippen molar-refractivity contribution in [1.29, 1.82) is 0 Å². The molecule has 1 rings (SSSR count). The van der Waals surface area contributed by atoms with Gasteiger partial charge in [-0.3, -0.25) is 0 Å². The van der Waals surface area contributed by atoms with Crippen LogP contribution in [-0.4, -0.2) is 12.0 Å². The third-order valence-corrected chi connectivity index (χ3v) is 1.21. The molecule has 0 aromatic heterocycles. The first-order valence-corrected chi connectivity index (χ1v) is 3.02. The van der Waals surface area contributed by atoms with E-state index in [0.29, 0.717) is 5.75 Å². The molecule has 0 aliphatic carbocycles. The topological polar surface area (TPSA) is 55.3 Å². The van der Waals surface area contributed by atoms with Crippen LogP contribution in [0.4, 0.5) is 5.69 Å². The first-order valence-electron chi connectivity index (χ1n) is 3.02. The van der Waals surface area contributed by atoms with Crippen molar-refractivity contribution in [1.82, 2.24) is 0 Å². The van der Waals surface area contributed by atoms with Crippen molar-refractivity contribution in [3.05, 3.63) is 29.2 Å². The Bertz CT molecular complexity index is 273. The van der Waals surface area contributed by atoms with Gasteiger partial charge in [0.15, 0.2) is 4.87 Å². The van der Waals surface area contributed by atoms with Crippen molar-refractivity contribution in [3.63, 3.8) is 0 Å². The number of hydrogen-bond acceptors (Lipinski definition) is 2. The monoisotopic (exact) mass is 152 g/mol. The van der Waals surface area contributed by atoms with E-state index in [4.69, 9.17) is 10.6 Å². The second-order valence-electron chi connectivity index (χ2n) is 1.93. The van der Waals surface area contributed by atoms with E-state index in [1.807, 2.05) is 0 Å². The highest BCUT2D eigenvalue weighted by molar-refractivity contribution is 5.35. The number of hydrazine groups is 1. The molecular formula is C7H8N2O2+. The standard InChI is InChI=1S/C7H8N2O2/c1-11-7-4-2-3-6(5-7)9(8)10/h2-4H,1H3,(H2,8,10)/q+1. The molecule has 57 valence electrons. The van der Waals surface area contributed by atoms with Crippen LogP contribution in [-0.2, 0) is 0 Å². The van der Waals surface area contributed by atoms with Gasteiger partial charge < -0.3 is 4.74 Å². The van der Waals surface area contributed by atoms with Crippen LogP contribution in [0.3, 0.4) is 0 Å². The number of methoxy groups -OCH3 is 1. The molecule has 1 aromatic carbocycles. The van der Waals surface area contributed by atoms with Crippen molar-refractivity contribution in [2.75, 3.05) is 7.11 Å². The first-order chi connectivity index (χ1) is 5.24. The van der Waals surface area contributed by atoms with Gasteiger partial charge in [-0.1, -0.05) is 6.07 Å². The van der Waals surface area contributed by atoms with Crippen molar-refractivity contribution in [2.45, 2.75) is 0 Å². The van der Waals surface area contributed by atoms with Gasteiger partial charge in [-0.2, -0.15) is 5.84 Å². The minimum absolute atomic E-state index is 0.239. The fourth-order valence-electron chi connectivity index (χ4n) is 0.684. The molecular weight excluding hydrogens is 144 g/mol. The molecule has 2 N–H and O–H groups in total. The molecule has 11 heavy (non-hydrogen) atoms. The van der Waals surface area contributed by atoms with Gasteiger partial charge in [0.05, 0.1) is 12.0 Å². The smallest absolute Gasteiger partial charge is 0.303 e. The molecule has 0 unspecified atom stereocenters. The largest absolute Gasteiger partial charge is 0.496 e. The summed E-state index contributed by atoms with van der Waals surface area (Å²) in [6.07, 6.45) is 0. The van der Waals surface area contributed by atoms with E-state index in [-0.39, 0.29) is 10.6 Å². The Hall–Kier alpha value is -1.58. The van der Waals surface area contributed by atoms with E-state index in [0.717, 1.165) is 0 Å². The quantitative estimate of drug-likeness (QED) is 0.387. The number of nitroso groups, excluding NO2 is 1. The average molecular weight is 152 g/mol. The highest BCUT2D eigenvalue weighted by Crippen LogP contribution is 2.15. The van der Waals surface area contributed by atoms with Gasteiger partial charge >= 0.3 is 5.69 Å². The Balaban J connectivity index is 3.01. The second kappa shape index (κ2) is 3.01. The van der Waals surface area contributed by atoms with Gasteiger partial charge in [0.2, 0.25) is 0 Å². The van der Waals surface area contributed by atoms with Gasteiger partial charge in [-0.25, -0.2) is 0 Å². The molecule has 4 heteroatoms. The molecule has 1 radical (unpaired) electrons.